The monoisotopic (exact) mass is 488 g/mol. The molecular formula is C27H32N6O3. The molecule has 3 aromatic rings. The molecule has 0 aromatic heterocycles. The lowest BCUT2D eigenvalue weighted by molar-refractivity contribution is -0.384. The first-order valence-corrected chi connectivity index (χ1v) is 12.0. The van der Waals surface area contributed by atoms with Crippen molar-refractivity contribution in [3.63, 3.8) is 0 Å². The van der Waals surface area contributed by atoms with Crippen LogP contribution in [-0.2, 0) is 0 Å². The van der Waals surface area contributed by atoms with Crippen LogP contribution in [0.25, 0.3) is 0 Å². The molecule has 0 radical (unpaired) electrons. The predicted octanol–water partition coefficient (Wildman–Crippen LogP) is 8.68. The third kappa shape index (κ3) is 6.71. The number of hydrogen-bond donors (Lipinski definition) is 0. The molecule has 0 fully saturated rings. The van der Waals surface area contributed by atoms with Crippen molar-refractivity contribution in [1.29, 1.82) is 0 Å². The van der Waals surface area contributed by atoms with Gasteiger partial charge in [-0.15, -0.1) is 15.3 Å². The van der Waals surface area contributed by atoms with Crippen molar-refractivity contribution < 1.29 is 9.66 Å². The number of hydrogen-bond acceptors (Lipinski definition) is 8. The molecule has 9 nitrogen and oxygen atoms in total. The molecule has 9 heteroatoms. The Morgan fingerprint density at radius 3 is 2.08 bits per heavy atom. The van der Waals surface area contributed by atoms with Crippen LogP contribution in [0.1, 0.15) is 37.8 Å². The zero-order valence-corrected chi connectivity index (χ0v) is 21.4. The van der Waals surface area contributed by atoms with E-state index in [0.29, 0.717) is 17.1 Å². The average molecular weight is 489 g/mol. The maximum absolute atomic E-state index is 11.4. The first-order chi connectivity index (χ1) is 17.4. The molecule has 0 bridgehead atoms. The van der Waals surface area contributed by atoms with Crippen LogP contribution in [0.3, 0.4) is 0 Å². The van der Waals surface area contributed by atoms with Gasteiger partial charge in [0.25, 0.3) is 5.69 Å². The molecule has 0 aliphatic carbocycles. The molecule has 0 aliphatic heterocycles. The van der Waals surface area contributed by atoms with Crippen molar-refractivity contribution in [2.75, 3.05) is 25.1 Å². The summed E-state index contributed by atoms with van der Waals surface area (Å²) in [6, 6.07) is 16.4. The Balaban J connectivity index is 1.83. The Morgan fingerprint density at radius 2 is 1.47 bits per heavy atom. The predicted molar refractivity (Wildman–Crippen MR) is 143 cm³/mol. The molecule has 0 spiro atoms. The molecule has 0 aliphatic rings. The van der Waals surface area contributed by atoms with Gasteiger partial charge in [-0.1, -0.05) is 19.9 Å². The molecule has 0 N–H and O–H groups in total. The Hall–Kier alpha value is -4.14. The number of benzene rings is 3. The number of rotatable bonds is 11. The molecule has 0 saturated heterocycles. The Morgan fingerprint density at radius 1 is 0.833 bits per heavy atom. The van der Waals surface area contributed by atoms with Gasteiger partial charge in [0.1, 0.15) is 11.4 Å². The second-order valence-corrected chi connectivity index (χ2v) is 8.46. The standard InChI is InChI=1S/C27H32N6O3/c1-6-14-32(15-7-2)22-11-9-21(10-12-22)28-31-25-17-20(4)24(18-27(25)36-5)30-29-23-13-8-19(3)16-26(23)33(34)35/h8-13,16-18H,6-7,14-15H2,1-5H3. The minimum atomic E-state index is -0.462. The third-order valence-electron chi connectivity index (χ3n) is 5.57. The summed E-state index contributed by atoms with van der Waals surface area (Å²) in [5, 5.41) is 28.5. The third-order valence-corrected chi connectivity index (χ3v) is 5.57. The van der Waals surface area contributed by atoms with Crippen molar-refractivity contribution in [1.82, 2.24) is 0 Å². The topological polar surface area (TPSA) is 105 Å². The number of nitro benzene ring substituents is 1. The smallest absolute Gasteiger partial charge is 0.296 e. The summed E-state index contributed by atoms with van der Waals surface area (Å²) in [6.45, 7) is 10.1. The molecule has 0 unspecified atom stereocenters. The van der Waals surface area contributed by atoms with Gasteiger partial charge in [0.15, 0.2) is 5.69 Å². The van der Waals surface area contributed by atoms with E-state index >= 15 is 0 Å². The quantitative estimate of drug-likeness (QED) is 0.153. The maximum atomic E-state index is 11.4. The van der Waals surface area contributed by atoms with Crippen LogP contribution in [0.15, 0.2) is 75.1 Å². The number of nitrogens with zero attached hydrogens (tertiary/aromatic N) is 6. The number of methoxy groups -OCH3 is 1. The highest BCUT2D eigenvalue weighted by molar-refractivity contribution is 5.64. The van der Waals surface area contributed by atoms with Crippen molar-refractivity contribution in [3.05, 3.63) is 75.8 Å². The van der Waals surface area contributed by atoms with Gasteiger partial charge in [-0.2, -0.15) is 5.11 Å². The second kappa shape index (κ2) is 12.5. The highest BCUT2D eigenvalue weighted by Gasteiger charge is 2.14. The van der Waals surface area contributed by atoms with Crippen LogP contribution in [-0.4, -0.2) is 25.1 Å². The van der Waals surface area contributed by atoms with Crippen LogP contribution in [0.5, 0.6) is 5.75 Å². The van der Waals surface area contributed by atoms with Gasteiger partial charge in [0.05, 0.1) is 23.4 Å². The summed E-state index contributed by atoms with van der Waals surface area (Å²) in [5.41, 5.74) is 4.65. The van der Waals surface area contributed by atoms with Crippen molar-refractivity contribution >= 4 is 34.1 Å². The van der Waals surface area contributed by atoms with Crippen LogP contribution in [0, 0.1) is 24.0 Å². The Bertz CT molecular complexity index is 1250. The molecule has 0 saturated carbocycles. The fourth-order valence-corrected chi connectivity index (χ4v) is 3.74. The number of aryl methyl sites for hydroxylation is 2. The highest BCUT2D eigenvalue weighted by atomic mass is 16.6. The minimum Gasteiger partial charge on any atom is -0.494 e. The van der Waals surface area contributed by atoms with E-state index in [-0.39, 0.29) is 11.4 Å². The van der Waals surface area contributed by atoms with Gasteiger partial charge < -0.3 is 9.64 Å². The molecule has 36 heavy (non-hydrogen) atoms. The largest absolute Gasteiger partial charge is 0.494 e. The van der Waals surface area contributed by atoms with Gasteiger partial charge in [0, 0.05) is 30.9 Å². The van der Waals surface area contributed by atoms with E-state index in [1.165, 1.54) is 11.8 Å². The number of ether oxygens (including phenoxy) is 1. The van der Waals surface area contributed by atoms with E-state index < -0.39 is 4.92 Å². The molecular weight excluding hydrogens is 456 g/mol. The molecule has 3 rings (SSSR count). The summed E-state index contributed by atoms with van der Waals surface area (Å²) in [5.74, 6) is 0.477. The molecule has 188 valence electrons. The van der Waals surface area contributed by atoms with Gasteiger partial charge in [0.2, 0.25) is 0 Å². The van der Waals surface area contributed by atoms with Crippen LogP contribution in [0.4, 0.5) is 34.1 Å². The number of anilines is 1. The van der Waals surface area contributed by atoms with Crippen LogP contribution < -0.4 is 9.64 Å². The molecule has 0 atom stereocenters. The zero-order valence-electron chi connectivity index (χ0n) is 21.4. The lowest BCUT2D eigenvalue weighted by atomic mass is 10.1. The fraction of sp³-hybridized carbons (Fsp3) is 0.333. The summed E-state index contributed by atoms with van der Waals surface area (Å²) in [7, 11) is 1.54. The highest BCUT2D eigenvalue weighted by Crippen LogP contribution is 2.37. The lowest BCUT2D eigenvalue weighted by Gasteiger charge is -2.23. The van der Waals surface area contributed by atoms with Crippen molar-refractivity contribution in [2.45, 2.75) is 40.5 Å². The van der Waals surface area contributed by atoms with Crippen molar-refractivity contribution in [2.24, 2.45) is 20.5 Å². The average Bonchev–Trinajstić information content (AvgIpc) is 2.87. The van der Waals surface area contributed by atoms with E-state index in [9.17, 15) is 10.1 Å². The SMILES string of the molecule is CCCN(CCC)c1ccc(N=Nc2cc(C)c(N=Nc3ccc(C)cc3[N+](=O)[O-])cc2OC)cc1. The first kappa shape index (κ1) is 26.5. The Labute approximate surface area is 211 Å². The van der Waals surface area contributed by atoms with Crippen LogP contribution in [0.2, 0.25) is 0 Å². The van der Waals surface area contributed by atoms with Gasteiger partial charge in [-0.05, 0) is 74.2 Å². The molecule has 3 aromatic carbocycles. The summed E-state index contributed by atoms with van der Waals surface area (Å²) >= 11 is 0. The van der Waals surface area contributed by atoms with E-state index in [0.717, 1.165) is 42.7 Å². The summed E-state index contributed by atoms with van der Waals surface area (Å²) < 4.78 is 5.49. The van der Waals surface area contributed by atoms with E-state index in [1.807, 2.05) is 19.1 Å². The number of azo groups is 2. The maximum Gasteiger partial charge on any atom is 0.296 e. The van der Waals surface area contributed by atoms with Gasteiger partial charge in [-0.25, -0.2) is 0 Å². The van der Waals surface area contributed by atoms with Gasteiger partial charge in [-0.3, -0.25) is 10.1 Å². The summed E-state index contributed by atoms with van der Waals surface area (Å²) in [6.07, 6.45) is 2.19. The lowest BCUT2D eigenvalue weighted by Crippen LogP contribution is -2.24. The van der Waals surface area contributed by atoms with E-state index in [4.69, 9.17) is 4.74 Å². The summed E-state index contributed by atoms with van der Waals surface area (Å²) in [4.78, 5) is 13.3. The first-order valence-electron chi connectivity index (χ1n) is 12.0. The zero-order chi connectivity index (χ0) is 26.1. The number of nitro groups is 1. The van der Waals surface area contributed by atoms with E-state index in [1.54, 1.807) is 38.3 Å². The second-order valence-electron chi connectivity index (χ2n) is 8.46. The minimum absolute atomic E-state index is 0.0904. The normalized spacial score (nSPS) is 11.4. The van der Waals surface area contributed by atoms with Crippen LogP contribution >= 0.6 is 0 Å². The van der Waals surface area contributed by atoms with Crippen molar-refractivity contribution in [3.8, 4) is 5.75 Å². The molecule has 0 amide bonds. The molecule has 0 heterocycles. The fourth-order valence-electron chi connectivity index (χ4n) is 3.74. The Kier molecular flexibility index (Phi) is 9.21. The van der Waals surface area contributed by atoms with E-state index in [2.05, 4.69) is 51.3 Å². The van der Waals surface area contributed by atoms with Gasteiger partial charge >= 0.3 is 0 Å².